The summed E-state index contributed by atoms with van der Waals surface area (Å²) in [6.07, 6.45) is 29.8. The summed E-state index contributed by atoms with van der Waals surface area (Å²) in [6.45, 7) is 4.79. The van der Waals surface area contributed by atoms with Crippen molar-refractivity contribution in [2.24, 2.45) is 11.8 Å². The van der Waals surface area contributed by atoms with Gasteiger partial charge in [0, 0.05) is 0 Å². The zero-order valence-electron chi connectivity index (χ0n) is 17.3. The third-order valence-corrected chi connectivity index (χ3v) is 6.33. The largest absolute Gasteiger partial charge is 0.0654 e. The van der Waals surface area contributed by atoms with E-state index in [-0.39, 0.29) is 0 Å². The summed E-state index contributed by atoms with van der Waals surface area (Å²) >= 11 is 0. The van der Waals surface area contributed by atoms with Gasteiger partial charge in [-0.1, -0.05) is 142 Å². The van der Waals surface area contributed by atoms with Crippen LogP contribution >= 0.6 is 0 Å². The molecule has 0 heterocycles. The van der Waals surface area contributed by atoms with Crippen LogP contribution in [0.3, 0.4) is 0 Å². The van der Waals surface area contributed by atoms with E-state index in [1.54, 1.807) is 0 Å². The van der Waals surface area contributed by atoms with Crippen molar-refractivity contribution >= 4 is 0 Å². The maximum atomic E-state index is 2.48. The first-order valence-corrected chi connectivity index (χ1v) is 11.8. The van der Waals surface area contributed by atoms with Gasteiger partial charge in [-0.3, -0.25) is 0 Å². The second kappa shape index (κ2) is 16.5. The molecule has 0 aromatic rings. The van der Waals surface area contributed by atoms with Crippen LogP contribution in [0.15, 0.2) is 0 Å². The lowest BCUT2D eigenvalue weighted by Gasteiger charge is -2.11. The molecule has 1 aliphatic carbocycles. The third-order valence-electron chi connectivity index (χ3n) is 6.33. The van der Waals surface area contributed by atoms with Crippen LogP contribution in [-0.4, -0.2) is 0 Å². The van der Waals surface area contributed by atoms with Crippen molar-refractivity contribution in [1.82, 2.24) is 0 Å². The van der Waals surface area contributed by atoms with Gasteiger partial charge in [0.15, 0.2) is 0 Å². The highest BCUT2D eigenvalue weighted by atomic mass is 14.2. The molecule has 0 saturated heterocycles. The summed E-state index contributed by atoms with van der Waals surface area (Å²) in [4.78, 5) is 0. The van der Waals surface area contributed by atoms with E-state index in [4.69, 9.17) is 0 Å². The number of hydrogen-bond donors (Lipinski definition) is 0. The molecule has 0 heteroatoms. The normalized spacial score (nSPS) is 16.8. The Morgan fingerprint density at radius 2 is 1.08 bits per heavy atom. The van der Waals surface area contributed by atoms with Gasteiger partial charge in [-0.2, -0.15) is 0 Å². The van der Waals surface area contributed by atoms with Crippen LogP contribution in [0.5, 0.6) is 0 Å². The third kappa shape index (κ3) is 13.3. The summed E-state index contributed by atoms with van der Waals surface area (Å²) in [6, 6.07) is 0. The van der Waals surface area contributed by atoms with Gasteiger partial charge in [0.1, 0.15) is 0 Å². The molecule has 1 saturated carbocycles. The van der Waals surface area contributed by atoms with Gasteiger partial charge in [-0.05, 0) is 11.8 Å². The van der Waals surface area contributed by atoms with Gasteiger partial charge in [-0.25, -0.2) is 0 Å². The summed E-state index contributed by atoms with van der Waals surface area (Å²) in [5.41, 5.74) is 0. The molecule has 0 amide bonds. The van der Waals surface area contributed by atoms with Crippen molar-refractivity contribution < 1.29 is 0 Å². The molecule has 1 aliphatic rings. The summed E-state index contributed by atoms with van der Waals surface area (Å²) in [5, 5.41) is 0. The Hall–Kier alpha value is 0. The highest BCUT2D eigenvalue weighted by Gasteiger charge is 2.13. The van der Waals surface area contributed by atoms with Gasteiger partial charge in [0.2, 0.25) is 0 Å². The second-order valence-corrected chi connectivity index (χ2v) is 8.86. The van der Waals surface area contributed by atoms with Crippen LogP contribution < -0.4 is 0 Å². The van der Waals surface area contributed by atoms with Crippen LogP contribution in [0.4, 0.5) is 0 Å². The molecule has 144 valence electrons. The van der Waals surface area contributed by atoms with Crippen molar-refractivity contribution in [3.63, 3.8) is 0 Å². The average Bonchev–Trinajstić information content (AvgIpc) is 3.10. The molecule has 0 nitrogen and oxygen atoms in total. The molecule has 0 bridgehead atoms. The number of hydrogen-bond acceptors (Lipinski definition) is 0. The first kappa shape index (κ1) is 22.0. The predicted octanol–water partition coefficient (Wildman–Crippen LogP) is 9.07. The molecule has 1 fully saturated rings. The Balaban J connectivity index is 1.73. The second-order valence-electron chi connectivity index (χ2n) is 8.86. The van der Waals surface area contributed by atoms with Gasteiger partial charge in [0.25, 0.3) is 0 Å². The zero-order valence-corrected chi connectivity index (χ0v) is 17.3. The minimum absolute atomic E-state index is 0.975. The molecule has 1 unspecified atom stereocenters. The fraction of sp³-hybridized carbons (Fsp3) is 1.00. The van der Waals surface area contributed by atoms with E-state index in [9.17, 15) is 0 Å². The van der Waals surface area contributed by atoms with Gasteiger partial charge >= 0.3 is 0 Å². The van der Waals surface area contributed by atoms with Crippen molar-refractivity contribution in [2.45, 2.75) is 142 Å². The zero-order chi connectivity index (χ0) is 17.3. The lowest BCUT2D eigenvalue weighted by Crippen LogP contribution is -1.95. The average molecular weight is 337 g/mol. The van der Waals surface area contributed by atoms with E-state index < -0.39 is 0 Å². The molecule has 0 aromatic heterocycles. The van der Waals surface area contributed by atoms with E-state index in [0.29, 0.717) is 0 Å². The molecule has 1 atom stereocenters. The van der Waals surface area contributed by atoms with Crippen LogP contribution in [0, 0.1) is 11.8 Å². The fourth-order valence-electron chi connectivity index (χ4n) is 4.53. The molecular formula is C24H48. The molecule has 0 N–H and O–H groups in total. The SMILES string of the molecule is CCCCCCCCCC(C)CCCCCCCCC1CCCC1. The Morgan fingerprint density at radius 1 is 0.625 bits per heavy atom. The summed E-state index contributed by atoms with van der Waals surface area (Å²) in [7, 11) is 0. The highest BCUT2D eigenvalue weighted by Crippen LogP contribution is 2.29. The first-order valence-electron chi connectivity index (χ1n) is 11.8. The first-order chi connectivity index (χ1) is 11.8. The number of unbranched alkanes of at least 4 members (excludes halogenated alkanes) is 11. The molecule has 0 aromatic carbocycles. The van der Waals surface area contributed by atoms with E-state index >= 15 is 0 Å². The van der Waals surface area contributed by atoms with Crippen LogP contribution in [0.1, 0.15) is 142 Å². The smallest absolute Gasteiger partial charge is 0.0414 e. The minimum atomic E-state index is 0.975. The van der Waals surface area contributed by atoms with Crippen LogP contribution in [0.2, 0.25) is 0 Å². The Morgan fingerprint density at radius 3 is 1.62 bits per heavy atom. The minimum Gasteiger partial charge on any atom is -0.0654 e. The number of rotatable bonds is 17. The maximum absolute atomic E-state index is 2.48. The van der Waals surface area contributed by atoms with Crippen LogP contribution in [0.25, 0.3) is 0 Å². The molecule has 0 radical (unpaired) electrons. The van der Waals surface area contributed by atoms with E-state index in [1.165, 1.54) is 128 Å². The maximum Gasteiger partial charge on any atom is -0.0414 e. The van der Waals surface area contributed by atoms with E-state index in [1.807, 2.05) is 0 Å². The lowest BCUT2D eigenvalue weighted by molar-refractivity contribution is 0.426. The highest BCUT2D eigenvalue weighted by molar-refractivity contribution is 4.67. The summed E-state index contributed by atoms with van der Waals surface area (Å²) < 4.78 is 0. The quantitative estimate of drug-likeness (QED) is 0.232. The van der Waals surface area contributed by atoms with Crippen molar-refractivity contribution in [2.75, 3.05) is 0 Å². The van der Waals surface area contributed by atoms with E-state index in [0.717, 1.165) is 11.8 Å². The van der Waals surface area contributed by atoms with Crippen molar-refractivity contribution in [1.29, 1.82) is 0 Å². The van der Waals surface area contributed by atoms with Gasteiger partial charge in [-0.15, -0.1) is 0 Å². The van der Waals surface area contributed by atoms with E-state index in [2.05, 4.69) is 13.8 Å². The Kier molecular flexibility index (Phi) is 15.1. The monoisotopic (exact) mass is 336 g/mol. The van der Waals surface area contributed by atoms with Gasteiger partial charge < -0.3 is 0 Å². The van der Waals surface area contributed by atoms with Gasteiger partial charge in [0.05, 0.1) is 0 Å². The standard InChI is InChI=1S/C24H48/c1-3-4-5-6-7-10-13-18-23(2)19-14-11-8-9-12-15-20-24-21-16-17-22-24/h23-24H,3-22H2,1-2H3. The molecule has 0 aliphatic heterocycles. The Labute approximate surface area is 154 Å². The van der Waals surface area contributed by atoms with Crippen molar-refractivity contribution in [3.8, 4) is 0 Å². The molecule has 0 spiro atoms. The molecular weight excluding hydrogens is 288 g/mol. The topological polar surface area (TPSA) is 0 Å². The van der Waals surface area contributed by atoms with Crippen LogP contribution in [-0.2, 0) is 0 Å². The fourth-order valence-corrected chi connectivity index (χ4v) is 4.53. The molecule has 1 rings (SSSR count). The molecule has 24 heavy (non-hydrogen) atoms. The lowest BCUT2D eigenvalue weighted by atomic mass is 9.95. The Bertz CT molecular complexity index is 238. The summed E-state index contributed by atoms with van der Waals surface area (Å²) in [5.74, 6) is 2.08. The predicted molar refractivity (Wildman–Crippen MR) is 111 cm³/mol. The van der Waals surface area contributed by atoms with Crippen molar-refractivity contribution in [3.05, 3.63) is 0 Å².